The van der Waals surface area contributed by atoms with Gasteiger partial charge in [0.15, 0.2) is 0 Å². The highest BCUT2D eigenvalue weighted by atomic mass is 16.5. The summed E-state index contributed by atoms with van der Waals surface area (Å²) in [5, 5.41) is 5.29. The molecule has 0 aromatic heterocycles. The predicted octanol–water partition coefficient (Wildman–Crippen LogP) is 2.35. The van der Waals surface area contributed by atoms with Gasteiger partial charge in [-0.2, -0.15) is 0 Å². The fourth-order valence-electron chi connectivity index (χ4n) is 4.06. The minimum absolute atomic E-state index is 0.0963. The Morgan fingerprint density at radius 2 is 2.00 bits per heavy atom. The third-order valence-corrected chi connectivity index (χ3v) is 5.52. The number of carbonyl (C=O) groups is 3. The molecule has 3 amide bonds. The van der Waals surface area contributed by atoms with Crippen LogP contribution in [0.5, 0.6) is 5.75 Å². The maximum atomic E-state index is 12.5. The third kappa shape index (κ3) is 3.44. The van der Waals surface area contributed by atoms with Crippen LogP contribution in [-0.4, -0.2) is 31.4 Å². The molecule has 29 heavy (non-hydrogen) atoms. The molecule has 0 saturated carbocycles. The van der Waals surface area contributed by atoms with Crippen molar-refractivity contribution < 1.29 is 19.1 Å². The minimum Gasteiger partial charge on any atom is -0.496 e. The molecule has 2 aromatic rings. The second-order valence-corrected chi connectivity index (χ2v) is 7.34. The van der Waals surface area contributed by atoms with Crippen molar-refractivity contribution in [3.05, 3.63) is 53.1 Å². The van der Waals surface area contributed by atoms with Crippen molar-refractivity contribution in [3.63, 3.8) is 0 Å². The van der Waals surface area contributed by atoms with E-state index in [2.05, 4.69) is 10.6 Å². The fourth-order valence-corrected chi connectivity index (χ4v) is 4.06. The quantitative estimate of drug-likeness (QED) is 0.781. The van der Waals surface area contributed by atoms with Crippen LogP contribution in [0.15, 0.2) is 36.4 Å². The molecule has 2 aromatic carbocycles. The lowest BCUT2D eigenvalue weighted by Gasteiger charge is -2.26. The second-order valence-electron chi connectivity index (χ2n) is 7.34. The van der Waals surface area contributed by atoms with E-state index in [1.165, 1.54) is 0 Å². The Morgan fingerprint density at radius 3 is 2.79 bits per heavy atom. The summed E-state index contributed by atoms with van der Waals surface area (Å²) in [6, 6.07) is 11.0. The molecule has 1 atom stereocenters. The number of benzene rings is 2. The normalized spacial score (nSPS) is 17.0. The number of hydrogen-bond donors (Lipinski definition) is 2. The van der Waals surface area contributed by atoms with E-state index in [9.17, 15) is 14.4 Å². The summed E-state index contributed by atoms with van der Waals surface area (Å²) in [7, 11) is 1.56. The smallest absolute Gasteiger partial charge is 0.313 e. The molecule has 0 fully saturated rings. The molecule has 0 spiro atoms. The number of amides is 3. The van der Waals surface area contributed by atoms with Gasteiger partial charge in [-0.15, -0.1) is 0 Å². The number of hydrogen-bond acceptors (Lipinski definition) is 4. The van der Waals surface area contributed by atoms with Crippen molar-refractivity contribution in [3.8, 4) is 5.75 Å². The van der Waals surface area contributed by atoms with E-state index < -0.39 is 11.8 Å². The number of para-hydroxylation sites is 1. The first-order valence-corrected chi connectivity index (χ1v) is 9.69. The zero-order chi connectivity index (χ0) is 20.5. The van der Waals surface area contributed by atoms with Crippen LogP contribution in [0.2, 0.25) is 0 Å². The van der Waals surface area contributed by atoms with Gasteiger partial charge in [0.2, 0.25) is 5.91 Å². The highest BCUT2D eigenvalue weighted by molar-refractivity contribution is 6.39. The van der Waals surface area contributed by atoms with Gasteiger partial charge in [0.1, 0.15) is 5.75 Å². The molecular formula is C22H23N3O4. The first-order chi connectivity index (χ1) is 14.0. The molecule has 7 nitrogen and oxygen atoms in total. The van der Waals surface area contributed by atoms with E-state index in [1.807, 2.05) is 36.1 Å². The average molecular weight is 393 g/mol. The second kappa shape index (κ2) is 7.58. The van der Waals surface area contributed by atoms with Gasteiger partial charge in [-0.1, -0.05) is 18.2 Å². The highest BCUT2D eigenvalue weighted by Gasteiger charge is 2.38. The first-order valence-electron chi connectivity index (χ1n) is 9.69. The van der Waals surface area contributed by atoms with Crippen molar-refractivity contribution in [2.24, 2.45) is 0 Å². The van der Waals surface area contributed by atoms with Crippen molar-refractivity contribution in [2.75, 3.05) is 23.9 Å². The van der Waals surface area contributed by atoms with Gasteiger partial charge >= 0.3 is 11.8 Å². The average Bonchev–Trinajstić information content (AvgIpc) is 2.98. The molecule has 150 valence electrons. The Labute approximate surface area is 169 Å². The maximum absolute atomic E-state index is 12.5. The van der Waals surface area contributed by atoms with Crippen LogP contribution in [-0.2, 0) is 27.3 Å². The molecule has 0 saturated heterocycles. The highest BCUT2D eigenvalue weighted by Crippen LogP contribution is 2.44. The van der Waals surface area contributed by atoms with Gasteiger partial charge in [0.25, 0.3) is 0 Å². The van der Waals surface area contributed by atoms with E-state index in [0.717, 1.165) is 41.8 Å². The Morgan fingerprint density at radius 1 is 1.21 bits per heavy atom. The molecule has 0 aliphatic carbocycles. The lowest BCUT2D eigenvalue weighted by atomic mass is 9.96. The number of aryl methyl sites for hydroxylation is 1. The standard InChI is InChI=1S/C22H23N3O4/c1-13-17-11-16(10-14-7-5-9-25(19(14)17)22(13)28)24-21(27)20(26)23-12-15-6-3-4-8-18(15)29-2/h3-4,6,8,10-11,13H,5,7,9,12H2,1-2H3,(H,23,26)(H,24,27)/t13-/m0/s1. The summed E-state index contributed by atoms with van der Waals surface area (Å²) in [5.74, 6) is -0.960. The van der Waals surface area contributed by atoms with Crippen LogP contribution in [0.4, 0.5) is 11.4 Å². The summed E-state index contributed by atoms with van der Waals surface area (Å²) in [4.78, 5) is 38.9. The molecule has 2 aliphatic rings. The largest absolute Gasteiger partial charge is 0.496 e. The lowest BCUT2D eigenvalue weighted by Crippen LogP contribution is -2.35. The van der Waals surface area contributed by atoms with Crippen LogP contribution in [0, 0.1) is 0 Å². The summed E-state index contributed by atoms with van der Waals surface area (Å²) in [6.45, 7) is 2.80. The number of methoxy groups -OCH3 is 1. The Bertz CT molecular complexity index is 1000. The zero-order valence-corrected chi connectivity index (χ0v) is 16.5. The molecule has 2 heterocycles. The summed E-state index contributed by atoms with van der Waals surface area (Å²) in [6.07, 6.45) is 1.74. The summed E-state index contributed by atoms with van der Waals surface area (Å²) < 4.78 is 5.25. The van der Waals surface area contributed by atoms with Gasteiger partial charge in [0.05, 0.1) is 18.7 Å². The Kier molecular flexibility index (Phi) is 4.96. The van der Waals surface area contributed by atoms with Gasteiger partial charge in [0, 0.05) is 24.3 Å². The van der Waals surface area contributed by atoms with Crippen molar-refractivity contribution in [2.45, 2.75) is 32.2 Å². The Balaban J connectivity index is 1.46. The molecule has 0 radical (unpaired) electrons. The summed E-state index contributed by atoms with van der Waals surface area (Å²) >= 11 is 0. The van der Waals surface area contributed by atoms with Crippen molar-refractivity contribution in [1.29, 1.82) is 0 Å². The molecule has 0 bridgehead atoms. The van der Waals surface area contributed by atoms with Gasteiger partial charge in [-0.25, -0.2) is 0 Å². The number of anilines is 2. The number of rotatable bonds is 4. The third-order valence-electron chi connectivity index (χ3n) is 5.52. The molecule has 2 N–H and O–H groups in total. The van der Waals surface area contributed by atoms with Crippen LogP contribution < -0.4 is 20.3 Å². The topological polar surface area (TPSA) is 87.7 Å². The number of carbonyl (C=O) groups excluding carboxylic acids is 3. The van der Waals surface area contributed by atoms with E-state index >= 15 is 0 Å². The summed E-state index contributed by atoms with van der Waals surface area (Å²) in [5.41, 5.74) is 4.26. The molecule has 7 heteroatoms. The molecule has 4 rings (SSSR count). The molecule has 0 unspecified atom stereocenters. The monoisotopic (exact) mass is 393 g/mol. The fraction of sp³-hybridized carbons (Fsp3) is 0.318. The number of nitrogens with zero attached hydrogens (tertiary/aromatic N) is 1. The minimum atomic E-state index is -0.739. The molecule has 2 aliphatic heterocycles. The maximum Gasteiger partial charge on any atom is 0.313 e. The van der Waals surface area contributed by atoms with Gasteiger partial charge < -0.3 is 20.3 Å². The van der Waals surface area contributed by atoms with Crippen LogP contribution in [0.25, 0.3) is 0 Å². The number of nitrogens with one attached hydrogen (secondary N) is 2. The Hall–Kier alpha value is -3.35. The van der Waals surface area contributed by atoms with E-state index in [0.29, 0.717) is 11.4 Å². The zero-order valence-electron chi connectivity index (χ0n) is 16.5. The predicted molar refractivity (Wildman–Crippen MR) is 109 cm³/mol. The van der Waals surface area contributed by atoms with E-state index in [-0.39, 0.29) is 18.4 Å². The van der Waals surface area contributed by atoms with E-state index in [4.69, 9.17) is 4.74 Å². The van der Waals surface area contributed by atoms with Gasteiger partial charge in [-0.05, 0) is 49.1 Å². The van der Waals surface area contributed by atoms with E-state index in [1.54, 1.807) is 19.2 Å². The van der Waals surface area contributed by atoms with Crippen LogP contribution >= 0.6 is 0 Å². The van der Waals surface area contributed by atoms with Gasteiger partial charge in [-0.3, -0.25) is 14.4 Å². The number of ether oxygens (including phenoxy) is 1. The lowest BCUT2D eigenvalue weighted by molar-refractivity contribution is -0.136. The van der Waals surface area contributed by atoms with Crippen LogP contribution in [0.3, 0.4) is 0 Å². The van der Waals surface area contributed by atoms with Crippen LogP contribution in [0.1, 0.15) is 36.0 Å². The van der Waals surface area contributed by atoms with Crippen molar-refractivity contribution >= 4 is 29.1 Å². The van der Waals surface area contributed by atoms with Crippen molar-refractivity contribution in [1.82, 2.24) is 5.32 Å². The SMILES string of the molecule is COc1ccccc1CNC(=O)C(=O)Nc1cc2c3c(c1)[C@H](C)C(=O)N3CCC2. The molecular weight excluding hydrogens is 370 g/mol. The first kappa shape index (κ1) is 19.0.